The Morgan fingerprint density at radius 2 is 2.29 bits per heavy atom. The Bertz CT molecular complexity index is 335. The Balaban J connectivity index is 2.06. The molecule has 0 amide bonds. The Labute approximate surface area is 82.9 Å². The fraction of sp³-hybridized carbons (Fsp3) is 0.556. The molecule has 0 saturated carbocycles. The quantitative estimate of drug-likeness (QED) is 0.732. The molecule has 14 heavy (non-hydrogen) atoms. The highest BCUT2D eigenvalue weighted by Crippen LogP contribution is 2.28. The van der Waals surface area contributed by atoms with E-state index in [9.17, 15) is 0 Å². The van der Waals surface area contributed by atoms with Crippen molar-refractivity contribution < 1.29 is 4.74 Å². The molecule has 0 bridgehead atoms. The number of aromatic nitrogens is 2. The molecule has 0 aliphatic carbocycles. The number of nitrogens with zero attached hydrogens (tertiary/aromatic N) is 3. The average Bonchev–Trinajstić information content (AvgIpc) is 2.13. The van der Waals surface area contributed by atoms with Crippen LogP contribution in [0.1, 0.15) is 6.92 Å². The zero-order valence-corrected chi connectivity index (χ0v) is 8.40. The molecular formula is C9H14N4O. The third-order valence-corrected chi connectivity index (χ3v) is 2.53. The lowest BCUT2D eigenvalue weighted by molar-refractivity contribution is -0.0171. The van der Waals surface area contributed by atoms with Gasteiger partial charge in [0.2, 0.25) is 5.95 Å². The molecule has 0 aromatic carbocycles. The zero-order valence-electron chi connectivity index (χ0n) is 8.40. The molecule has 0 spiro atoms. The molecule has 2 heterocycles. The van der Waals surface area contributed by atoms with Crippen LogP contribution in [0, 0.1) is 0 Å². The van der Waals surface area contributed by atoms with E-state index in [1.165, 1.54) is 0 Å². The minimum absolute atomic E-state index is 0.0420. The molecule has 1 saturated heterocycles. The second-order valence-electron chi connectivity index (χ2n) is 3.78. The van der Waals surface area contributed by atoms with Crippen molar-refractivity contribution in [3.63, 3.8) is 0 Å². The monoisotopic (exact) mass is 194 g/mol. The van der Waals surface area contributed by atoms with E-state index in [0.717, 1.165) is 18.9 Å². The van der Waals surface area contributed by atoms with E-state index in [2.05, 4.69) is 21.8 Å². The maximum Gasteiger partial charge on any atom is 0.221 e. The number of anilines is 2. The van der Waals surface area contributed by atoms with Crippen LogP contribution in [0.5, 0.6) is 0 Å². The van der Waals surface area contributed by atoms with E-state index in [0.29, 0.717) is 5.95 Å². The van der Waals surface area contributed by atoms with Gasteiger partial charge in [0, 0.05) is 26.4 Å². The van der Waals surface area contributed by atoms with Crippen LogP contribution < -0.4 is 10.6 Å². The molecule has 76 valence electrons. The lowest BCUT2D eigenvalue weighted by atomic mass is 9.97. The molecule has 5 heteroatoms. The van der Waals surface area contributed by atoms with Crippen molar-refractivity contribution in [1.82, 2.24) is 9.97 Å². The van der Waals surface area contributed by atoms with E-state index < -0.39 is 0 Å². The molecule has 0 atom stereocenters. The predicted molar refractivity (Wildman–Crippen MR) is 54.1 cm³/mol. The van der Waals surface area contributed by atoms with Gasteiger partial charge in [0.05, 0.1) is 5.60 Å². The molecule has 2 N–H and O–H groups in total. The van der Waals surface area contributed by atoms with Crippen LogP contribution in [0.4, 0.5) is 11.8 Å². The summed E-state index contributed by atoms with van der Waals surface area (Å²) in [4.78, 5) is 10.1. The van der Waals surface area contributed by atoms with E-state index in [-0.39, 0.29) is 5.60 Å². The molecule has 5 nitrogen and oxygen atoms in total. The van der Waals surface area contributed by atoms with Crippen molar-refractivity contribution in [3.05, 3.63) is 12.3 Å². The summed E-state index contributed by atoms with van der Waals surface area (Å²) in [7, 11) is 1.73. The van der Waals surface area contributed by atoms with Gasteiger partial charge in [0.25, 0.3) is 0 Å². The summed E-state index contributed by atoms with van der Waals surface area (Å²) in [6, 6.07) is 1.85. The first-order valence-corrected chi connectivity index (χ1v) is 4.52. The summed E-state index contributed by atoms with van der Waals surface area (Å²) in [6.45, 7) is 3.77. The van der Waals surface area contributed by atoms with Crippen molar-refractivity contribution in [1.29, 1.82) is 0 Å². The van der Waals surface area contributed by atoms with Gasteiger partial charge in [0.15, 0.2) is 0 Å². The molecule has 1 aromatic heterocycles. The summed E-state index contributed by atoms with van der Waals surface area (Å²) in [5.41, 5.74) is 5.45. The van der Waals surface area contributed by atoms with E-state index in [1.807, 2.05) is 6.07 Å². The lowest BCUT2D eigenvalue weighted by Gasteiger charge is -2.47. The van der Waals surface area contributed by atoms with Crippen LogP contribution >= 0.6 is 0 Å². The molecule has 1 aliphatic rings. The summed E-state index contributed by atoms with van der Waals surface area (Å²) in [5.74, 6) is 1.18. The highest BCUT2D eigenvalue weighted by atomic mass is 16.5. The number of methoxy groups -OCH3 is 1. The molecule has 0 unspecified atom stereocenters. The first-order valence-electron chi connectivity index (χ1n) is 4.52. The Morgan fingerprint density at radius 3 is 2.86 bits per heavy atom. The fourth-order valence-corrected chi connectivity index (χ4v) is 1.59. The highest BCUT2D eigenvalue weighted by Gasteiger charge is 2.39. The van der Waals surface area contributed by atoms with Crippen LogP contribution in [0.25, 0.3) is 0 Å². The molecule has 2 rings (SSSR count). The Hall–Kier alpha value is -1.36. The summed E-state index contributed by atoms with van der Waals surface area (Å²) in [6.07, 6.45) is 1.67. The van der Waals surface area contributed by atoms with Gasteiger partial charge in [-0.1, -0.05) is 0 Å². The van der Waals surface area contributed by atoms with Gasteiger partial charge in [-0.25, -0.2) is 4.98 Å². The van der Waals surface area contributed by atoms with Gasteiger partial charge in [0.1, 0.15) is 5.82 Å². The number of hydrogen-bond acceptors (Lipinski definition) is 5. The summed E-state index contributed by atoms with van der Waals surface area (Å²) < 4.78 is 5.34. The van der Waals surface area contributed by atoms with Gasteiger partial charge >= 0.3 is 0 Å². The maximum absolute atomic E-state index is 5.50. The van der Waals surface area contributed by atoms with Crippen LogP contribution in [-0.4, -0.2) is 35.8 Å². The van der Waals surface area contributed by atoms with Gasteiger partial charge < -0.3 is 15.4 Å². The molecule has 1 aliphatic heterocycles. The SMILES string of the molecule is COC1(C)CN(c2ccnc(N)n2)C1. The standard InChI is InChI=1S/C9H14N4O/c1-9(14-2)5-13(6-9)7-3-4-11-8(10)12-7/h3-4H,5-6H2,1-2H3,(H2,10,11,12). The van der Waals surface area contributed by atoms with Crippen LogP contribution in [0.3, 0.4) is 0 Å². The first kappa shape index (κ1) is 9.21. The average molecular weight is 194 g/mol. The second-order valence-corrected chi connectivity index (χ2v) is 3.78. The smallest absolute Gasteiger partial charge is 0.221 e. The number of hydrogen-bond donors (Lipinski definition) is 1. The lowest BCUT2D eigenvalue weighted by Crippen LogP contribution is -2.61. The molecule has 1 fully saturated rings. The first-order chi connectivity index (χ1) is 6.63. The van der Waals surface area contributed by atoms with Crippen molar-refractivity contribution >= 4 is 11.8 Å². The van der Waals surface area contributed by atoms with Crippen molar-refractivity contribution in [3.8, 4) is 0 Å². The van der Waals surface area contributed by atoms with Crippen LogP contribution in [0.15, 0.2) is 12.3 Å². The van der Waals surface area contributed by atoms with E-state index in [1.54, 1.807) is 13.3 Å². The third kappa shape index (κ3) is 1.50. The number of nitrogen functional groups attached to an aromatic ring is 1. The highest BCUT2D eigenvalue weighted by molar-refractivity contribution is 5.45. The van der Waals surface area contributed by atoms with Crippen LogP contribution in [-0.2, 0) is 4.74 Å². The third-order valence-electron chi connectivity index (χ3n) is 2.53. The summed E-state index contributed by atoms with van der Waals surface area (Å²) in [5, 5.41) is 0. The number of ether oxygens (including phenoxy) is 1. The second kappa shape index (κ2) is 3.09. The van der Waals surface area contributed by atoms with Gasteiger partial charge in [-0.05, 0) is 13.0 Å². The van der Waals surface area contributed by atoms with Gasteiger partial charge in [-0.3, -0.25) is 0 Å². The topological polar surface area (TPSA) is 64.3 Å². The zero-order chi connectivity index (χ0) is 10.2. The maximum atomic E-state index is 5.50. The number of rotatable bonds is 2. The van der Waals surface area contributed by atoms with Crippen LogP contribution in [0.2, 0.25) is 0 Å². The van der Waals surface area contributed by atoms with Gasteiger partial charge in [-0.15, -0.1) is 0 Å². The molecule has 0 radical (unpaired) electrons. The van der Waals surface area contributed by atoms with Crippen molar-refractivity contribution in [2.75, 3.05) is 30.8 Å². The summed E-state index contributed by atoms with van der Waals surface area (Å²) >= 11 is 0. The molecular weight excluding hydrogens is 180 g/mol. The minimum atomic E-state index is -0.0420. The Morgan fingerprint density at radius 1 is 1.57 bits per heavy atom. The fourth-order valence-electron chi connectivity index (χ4n) is 1.59. The van der Waals surface area contributed by atoms with Crippen molar-refractivity contribution in [2.45, 2.75) is 12.5 Å². The predicted octanol–water partition coefficient (Wildman–Crippen LogP) is 0.284. The largest absolute Gasteiger partial charge is 0.375 e. The van der Waals surface area contributed by atoms with E-state index >= 15 is 0 Å². The van der Waals surface area contributed by atoms with Crippen molar-refractivity contribution in [2.24, 2.45) is 0 Å². The van der Waals surface area contributed by atoms with E-state index in [4.69, 9.17) is 10.5 Å². The minimum Gasteiger partial charge on any atom is -0.375 e. The Kier molecular flexibility index (Phi) is 2.03. The normalized spacial score (nSPS) is 19.1. The number of nitrogens with two attached hydrogens (primary N) is 1. The molecule has 1 aromatic rings. The van der Waals surface area contributed by atoms with Gasteiger partial charge in [-0.2, -0.15) is 4.98 Å².